The fraction of sp³-hybridized carbons (Fsp3) is 0.846. The van der Waals surface area contributed by atoms with E-state index in [0.29, 0.717) is 0 Å². The molecule has 0 aliphatic heterocycles. The minimum atomic E-state index is 0.930. The zero-order chi connectivity index (χ0) is 19.4. The van der Waals surface area contributed by atoms with Crippen LogP contribution in [0, 0.1) is 5.92 Å². The number of unbranched alkanes of at least 4 members (excludes halogenated alkanes) is 14. The smallest absolute Gasteiger partial charge is 0.00612 e. The van der Waals surface area contributed by atoms with Gasteiger partial charge in [-0.2, -0.15) is 11.3 Å². The van der Waals surface area contributed by atoms with Crippen molar-refractivity contribution in [3.63, 3.8) is 0 Å². The maximum atomic E-state index is 2.37. The van der Waals surface area contributed by atoms with E-state index in [0.717, 1.165) is 5.92 Å². The van der Waals surface area contributed by atoms with Gasteiger partial charge in [-0.3, -0.25) is 0 Å². The van der Waals surface area contributed by atoms with E-state index < -0.39 is 0 Å². The third-order valence-electron chi connectivity index (χ3n) is 6.04. The Morgan fingerprint density at radius 3 is 1.48 bits per heavy atom. The molecule has 0 nitrogen and oxygen atoms in total. The Balaban J connectivity index is 2.10. The highest BCUT2D eigenvalue weighted by atomic mass is 32.1. The molecule has 0 aliphatic rings. The van der Waals surface area contributed by atoms with Crippen LogP contribution in [0.1, 0.15) is 135 Å². The molecule has 27 heavy (non-hydrogen) atoms. The molecule has 1 atom stereocenters. The molecule has 0 aliphatic carbocycles. The van der Waals surface area contributed by atoms with E-state index >= 15 is 0 Å². The Hall–Kier alpha value is -0.300. The molecule has 0 radical (unpaired) electrons. The number of hydrogen-bond acceptors (Lipinski definition) is 1. The molecule has 0 spiro atoms. The molecule has 158 valence electrons. The average Bonchev–Trinajstić information content (AvgIpc) is 3.18. The molecule has 0 bridgehead atoms. The van der Waals surface area contributed by atoms with E-state index in [-0.39, 0.29) is 0 Å². The van der Waals surface area contributed by atoms with Gasteiger partial charge in [0.1, 0.15) is 0 Å². The van der Waals surface area contributed by atoms with Crippen LogP contribution in [0.5, 0.6) is 0 Å². The third-order valence-corrected chi connectivity index (χ3v) is 6.77. The lowest BCUT2D eigenvalue weighted by atomic mass is 9.89. The maximum Gasteiger partial charge on any atom is -0.00612 e. The standard InChI is InChI=1S/C26H48S/c1-3-5-7-9-11-12-14-16-18-20-25(23-26-21-22-27-24-26)19-17-15-13-10-8-6-4-2/h21-22,24-25H,3-20,23H2,1-2H3. The monoisotopic (exact) mass is 392 g/mol. The number of rotatable bonds is 20. The molecule has 0 saturated heterocycles. The summed E-state index contributed by atoms with van der Waals surface area (Å²) in [4.78, 5) is 0. The van der Waals surface area contributed by atoms with Crippen LogP contribution < -0.4 is 0 Å². The summed E-state index contributed by atoms with van der Waals surface area (Å²) in [5.41, 5.74) is 1.59. The van der Waals surface area contributed by atoms with Crippen molar-refractivity contribution in [1.29, 1.82) is 0 Å². The second-order valence-electron chi connectivity index (χ2n) is 8.73. The molecular formula is C26H48S. The fourth-order valence-corrected chi connectivity index (χ4v) is 4.91. The first-order valence-corrected chi connectivity index (χ1v) is 13.3. The van der Waals surface area contributed by atoms with Gasteiger partial charge in [-0.15, -0.1) is 0 Å². The van der Waals surface area contributed by atoms with Crippen LogP contribution in [0.2, 0.25) is 0 Å². The van der Waals surface area contributed by atoms with Crippen molar-refractivity contribution in [2.45, 2.75) is 136 Å². The molecule has 0 N–H and O–H groups in total. The van der Waals surface area contributed by atoms with Crippen LogP contribution in [-0.2, 0) is 6.42 Å². The molecule has 1 aromatic heterocycles. The first kappa shape index (κ1) is 24.7. The van der Waals surface area contributed by atoms with E-state index in [9.17, 15) is 0 Å². The Morgan fingerprint density at radius 1 is 0.630 bits per heavy atom. The largest absolute Gasteiger partial charge is 0.152 e. The summed E-state index contributed by atoms with van der Waals surface area (Å²) < 4.78 is 0. The Morgan fingerprint density at radius 2 is 1.07 bits per heavy atom. The van der Waals surface area contributed by atoms with E-state index in [4.69, 9.17) is 0 Å². The van der Waals surface area contributed by atoms with Crippen LogP contribution in [0.25, 0.3) is 0 Å². The quantitative estimate of drug-likeness (QED) is 0.194. The number of hydrogen-bond donors (Lipinski definition) is 0. The summed E-state index contributed by atoms with van der Waals surface area (Å²) in [6, 6.07) is 2.35. The summed E-state index contributed by atoms with van der Waals surface area (Å²) in [5, 5.41) is 4.62. The van der Waals surface area contributed by atoms with Gasteiger partial charge < -0.3 is 0 Å². The minimum Gasteiger partial charge on any atom is -0.152 e. The first-order chi connectivity index (χ1) is 13.4. The van der Waals surface area contributed by atoms with Crippen molar-refractivity contribution < 1.29 is 0 Å². The fourth-order valence-electron chi connectivity index (χ4n) is 4.22. The van der Waals surface area contributed by atoms with Crippen LogP contribution in [-0.4, -0.2) is 0 Å². The molecule has 0 saturated carbocycles. The van der Waals surface area contributed by atoms with Crippen molar-refractivity contribution in [3.8, 4) is 0 Å². The maximum absolute atomic E-state index is 2.37. The van der Waals surface area contributed by atoms with Crippen molar-refractivity contribution in [2.75, 3.05) is 0 Å². The van der Waals surface area contributed by atoms with Crippen LogP contribution in [0.15, 0.2) is 16.8 Å². The number of thiophene rings is 1. The van der Waals surface area contributed by atoms with Crippen LogP contribution in [0.4, 0.5) is 0 Å². The van der Waals surface area contributed by atoms with Gasteiger partial charge in [-0.1, -0.05) is 129 Å². The van der Waals surface area contributed by atoms with Gasteiger partial charge >= 0.3 is 0 Å². The molecule has 0 amide bonds. The highest BCUT2D eigenvalue weighted by Gasteiger charge is 2.10. The molecule has 1 aromatic rings. The summed E-state index contributed by atoms with van der Waals surface area (Å²) in [5.74, 6) is 0.930. The molecule has 1 heterocycles. The molecule has 1 rings (SSSR count). The highest BCUT2D eigenvalue weighted by Crippen LogP contribution is 2.24. The van der Waals surface area contributed by atoms with Gasteiger partial charge in [0.2, 0.25) is 0 Å². The Kier molecular flexibility index (Phi) is 17.4. The van der Waals surface area contributed by atoms with Crippen molar-refractivity contribution in [1.82, 2.24) is 0 Å². The topological polar surface area (TPSA) is 0 Å². The normalized spacial score (nSPS) is 12.5. The molecule has 1 heteroatoms. The zero-order valence-electron chi connectivity index (χ0n) is 18.7. The van der Waals surface area contributed by atoms with E-state index in [1.54, 1.807) is 5.56 Å². The van der Waals surface area contributed by atoms with E-state index in [1.165, 1.54) is 122 Å². The van der Waals surface area contributed by atoms with Gasteiger partial charge in [0, 0.05) is 0 Å². The van der Waals surface area contributed by atoms with Crippen LogP contribution in [0.3, 0.4) is 0 Å². The Bertz CT molecular complexity index is 381. The summed E-state index contributed by atoms with van der Waals surface area (Å²) in [7, 11) is 0. The second-order valence-corrected chi connectivity index (χ2v) is 9.51. The average molecular weight is 393 g/mol. The van der Waals surface area contributed by atoms with Crippen molar-refractivity contribution >= 4 is 11.3 Å². The predicted octanol–water partition coefficient (Wildman–Crippen LogP) is 9.97. The van der Waals surface area contributed by atoms with Gasteiger partial charge in [-0.05, 0) is 34.7 Å². The highest BCUT2D eigenvalue weighted by molar-refractivity contribution is 7.07. The van der Waals surface area contributed by atoms with Crippen LogP contribution >= 0.6 is 11.3 Å². The first-order valence-electron chi connectivity index (χ1n) is 12.4. The summed E-state index contributed by atoms with van der Waals surface area (Å²) in [6.45, 7) is 4.61. The SMILES string of the molecule is CCCCCCCCCCCC(CCCCCCCCC)Cc1ccsc1. The summed E-state index contributed by atoms with van der Waals surface area (Å²) in [6.07, 6.45) is 27.4. The lowest BCUT2D eigenvalue weighted by Gasteiger charge is -2.16. The second kappa shape index (κ2) is 19.0. The van der Waals surface area contributed by atoms with E-state index in [2.05, 4.69) is 30.7 Å². The van der Waals surface area contributed by atoms with Gasteiger partial charge in [-0.25, -0.2) is 0 Å². The van der Waals surface area contributed by atoms with Gasteiger partial charge in [0.05, 0.1) is 0 Å². The predicted molar refractivity (Wildman–Crippen MR) is 126 cm³/mol. The zero-order valence-corrected chi connectivity index (χ0v) is 19.5. The van der Waals surface area contributed by atoms with Crippen molar-refractivity contribution in [3.05, 3.63) is 22.4 Å². The van der Waals surface area contributed by atoms with Gasteiger partial charge in [0.15, 0.2) is 0 Å². The van der Waals surface area contributed by atoms with E-state index in [1.807, 2.05) is 11.3 Å². The van der Waals surface area contributed by atoms with Gasteiger partial charge in [0.25, 0.3) is 0 Å². The van der Waals surface area contributed by atoms with Crippen molar-refractivity contribution in [2.24, 2.45) is 5.92 Å². The lowest BCUT2D eigenvalue weighted by molar-refractivity contribution is 0.400. The minimum absolute atomic E-state index is 0.930. The third kappa shape index (κ3) is 15.3. The molecule has 1 unspecified atom stereocenters. The lowest BCUT2D eigenvalue weighted by Crippen LogP contribution is -2.05. The molecule has 0 fully saturated rings. The summed E-state index contributed by atoms with van der Waals surface area (Å²) >= 11 is 1.86. The molecule has 0 aromatic carbocycles. The Labute approximate surface area is 175 Å². The molecular weight excluding hydrogens is 344 g/mol.